The second-order valence-electron chi connectivity index (χ2n) is 5.51. The van der Waals surface area contributed by atoms with E-state index < -0.39 is 0 Å². The lowest BCUT2D eigenvalue weighted by Gasteiger charge is -2.17. The third-order valence-corrected chi connectivity index (χ3v) is 3.81. The molecular weight excluding hydrogens is 238 g/mol. The Morgan fingerprint density at radius 2 is 2.05 bits per heavy atom. The predicted octanol–water partition coefficient (Wildman–Crippen LogP) is 2.93. The van der Waals surface area contributed by atoms with Gasteiger partial charge < -0.3 is 15.6 Å². The molecule has 1 aliphatic rings. The largest absolute Gasteiger partial charge is 0.397 e. The van der Waals surface area contributed by atoms with Gasteiger partial charge in [0, 0.05) is 18.8 Å². The maximum atomic E-state index is 12.3. The molecule has 2 rings (SSSR count). The highest BCUT2D eigenvalue weighted by atomic mass is 16.2. The molecule has 0 saturated heterocycles. The first-order valence-electron chi connectivity index (χ1n) is 7.47. The number of hydrogen-bond donors (Lipinski definition) is 2. The minimum atomic E-state index is 0.0250. The van der Waals surface area contributed by atoms with Crippen molar-refractivity contribution in [2.24, 2.45) is 0 Å². The molecule has 1 heterocycles. The van der Waals surface area contributed by atoms with Crippen LogP contribution in [0.5, 0.6) is 0 Å². The molecule has 1 aromatic rings. The zero-order chi connectivity index (χ0) is 13.7. The van der Waals surface area contributed by atoms with Crippen molar-refractivity contribution in [1.82, 2.24) is 9.88 Å². The molecule has 106 valence electrons. The summed E-state index contributed by atoms with van der Waals surface area (Å²) in [6.45, 7) is 2.94. The Kier molecular flexibility index (Phi) is 4.88. The van der Waals surface area contributed by atoms with Gasteiger partial charge >= 0.3 is 0 Å². The van der Waals surface area contributed by atoms with E-state index in [0.29, 0.717) is 17.4 Å². The van der Waals surface area contributed by atoms with Crippen LogP contribution in [0, 0.1) is 0 Å². The van der Waals surface area contributed by atoms with E-state index in [0.717, 1.165) is 25.8 Å². The molecule has 0 spiro atoms. The zero-order valence-corrected chi connectivity index (χ0v) is 11.8. The Labute approximate surface area is 115 Å². The normalized spacial score (nSPS) is 17.1. The first-order valence-corrected chi connectivity index (χ1v) is 7.47. The van der Waals surface area contributed by atoms with E-state index >= 15 is 0 Å². The molecule has 1 amide bonds. The van der Waals surface area contributed by atoms with E-state index in [1.54, 1.807) is 6.07 Å². The molecule has 3 N–H and O–H groups in total. The summed E-state index contributed by atoms with van der Waals surface area (Å²) in [4.78, 5) is 12.3. The van der Waals surface area contributed by atoms with Gasteiger partial charge in [-0.05, 0) is 25.3 Å². The van der Waals surface area contributed by atoms with E-state index in [9.17, 15) is 4.79 Å². The number of nitrogens with one attached hydrogen (secondary N) is 1. The molecule has 0 radical (unpaired) electrons. The summed E-state index contributed by atoms with van der Waals surface area (Å²) in [6, 6.07) is 2.11. The Morgan fingerprint density at radius 1 is 1.37 bits per heavy atom. The number of hydrogen-bond acceptors (Lipinski definition) is 2. The first kappa shape index (κ1) is 14.0. The van der Waals surface area contributed by atoms with E-state index in [1.807, 2.05) is 10.8 Å². The van der Waals surface area contributed by atoms with Gasteiger partial charge in [0.15, 0.2) is 0 Å². The standard InChI is InChI=1S/C15H25N3O/c1-2-9-18-11-12(16)10-14(18)15(19)17-13-7-5-3-4-6-8-13/h10-11,13H,2-9,16H2,1H3,(H,17,19). The molecule has 1 saturated carbocycles. The van der Waals surface area contributed by atoms with Gasteiger partial charge in [-0.25, -0.2) is 0 Å². The first-order chi connectivity index (χ1) is 9.20. The maximum absolute atomic E-state index is 12.3. The Balaban J connectivity index is 2.02. The number of nitrogens with zero attached hydrogens (tertiary/aromatic N) is 1. The molecule has 0 aliphatic heterocycles. The number of nitrogens with two attached hydrogens (primary N) is 1. The van der Waals surface area contributed by atoms with Gasteiger partial charge in [0.05, 0.1) is 5.69 Å². The van der Waals surface area contributed by atoms with Crippen molar-refractivity contribution in [3.63, 3.8) is 0 Å². The van der Waals surface area contributed by atoms with Crippen molar-refractivity contribution in [2.45, 2.75) is 64.5 Å². The van der Waals surface area contributed by atoms with Gasteiger partial charge in [0.2, 0.25) is 0 Å². The average Bonchev–Trinajstić information content (AvgIpc) is 2.60. The van der Waals surface area contributed by atoms with Crippen LogP contribution < -0.4 is 11.1 Å². The lowest BCUT2D eigenvalue weighted by Crippen LogP contribution is -2.35. The summed E-state index contributed by atoms with van der Waals surface area (Å²) in [5.74, 6) is 0.0250. The highest BCUT2D eigenvalue weighted by molar-refractivity contribution is 5.94. The smallest absolute Gasteiger partial charge is 0.268 e. The fourth-order valence-corrected chi connectivity index (χ4v) is 2.83. The van der Waals surface area contributed by atoms with E-state index in [1.165, 1.54) is 25.7 Å². The number of amides is 1. The van der Waals surface area contributed by atoms with Gasteiger partial charge in [-0.1, -0.05) is 32.6 Å². The minimum Gasteiger partial charge on any atom is -0.397 e. The molecule has 0 aromatic carbocycles. The molecule has 1 fully saturated rings. The molecule has 4 nitrogen and oxygen atoms in total. The molecule has 1 aliphatic carbocycles. The van der Waals surface area contributed by atoms with Crippen LogP contribution in [-0.2, 0) is 6.54 Å². The highest BCUT2D eigenvalue weighted by Crippen LogP contribution is 2.18. The van der Waals surface area contributed by atoms with Gasteiger partial charge in [-0.3, -0.25) is 4.79 Å². The monoisotopic (exact) mass is 263 g/mol. The molecule has 4 heteroatoms. The Bertz CT molecular complexity index is 417. The SMILES string of the molecule is CCCn1cc(N)cc1C(=O)NC1CCCCCC1. The summed E-state index contributed by atoms with van der Waals surface area (Å²) in [7, 11) is 0. The fourth-order valence-electron chi connectivity index (χ4n) is 2.83. The second-order valence-corrected chi connectivity index (χ2v) is 5.51. The van der Waals surface area contributed by atoms with Crippen molar-refractivity contribution in [3.05, 3.63) is 18.0 Å². The van der Waals surface area contributed by atoms with Crippen LogP contribution in [0.15, 0.2) is 12.3 Å². The van der Waals surface area contributed by atoms with Crippen molar-refractivity contribution in [2.75, 3.05) is 5.73 Å². The van der Waals surface area contributed by atoms with Gasteiger partial charge in [-0.15, -0.1) is 0 Å². The lowest BCUT2D eigenvalue weighted by atomic mass is 10.1. The third kappa shape index (κ3) is 3.75. The molecule has 1 aromatic heterocycles. The van der Waals surface area contributed by atoms with Gasteiger partial charge in [-0.2, -0.15) is 0 Å². The van der Waals surface area contributed by atoms with Crippen molar-refractivity contribution in [1.29, 1.82) is 0 Å². The number of carbonyl (C=O) groups is 1. The predicted molar refractivity (Wildman–Crippen MR) is 78.1 cm³/mol. The van der Waals surface area contributed by atoms with Crippen LogP contribution in [0.1, 0.15) is 62.4 Å². The van der Waals surface area contributed by atoms with E-state index in [4.69, 9.17) is 5.73 Å². The topological polar surface area (TPSA) is 60.0 Å². The minimum absolute atomic E-state index is 0.0250. The zero-order valence-electron chi connectivity index (χ0n) is 11.8. The Morgan fingerprint density at radius 3 is 2.68 bits per heavy atom. The maximum Gasteiger partial charge on any atom is 0.268 e. The average molecular weight is 263 g/mol. The number of aryl methyl sites for hydroxylation is 1. The van der Waals surface area contributed by atoms with Crippen molar-refractivity contribution >= 4 is 11.6 Å². The second kappa shape index (κ2) is 6.64. The number of rotatable bonds is 4. The summed E-state index contributed by atoms with van der Waals surface area (Å²) in [5, 5.41) is 3.17. The number of nitrogen functional groups attached to an aromatic ring is 1. The van der Waals surface area contributed by atoms with Gasteiger partial charge in [0.1, 0.15) is 5.69 Å². The number of carbonyl (C=O) groups excluding carboxylic acids is 1. The van der Waals surface area contributed by atoms with Crippen molar-refractivity contribution in [3.8, 4) is 0 Å². The summed E-state index contributed by atoms with van der Waals surface area (Å²) < 4.78 is 1.96. The Hall–Kier alpha value is -1.45. The summed E-state index contributed by atoms with van der Waals surface area (Å²) in [6.07, 6.45) is 10.1. The van der Waals surface area contributed by atoms with Crippen LogP contribution in [-0.4, -0.2) is 16.5 Å². The molecule has 0 unspecified atom stereocenters. The fraction of sp³-hybridized carbons (Fsp3) is 0.667. The summed E-state index contributed by atoms with van der Waals surface area (Å²) in [5.41, 5.74) is 7.17. The van der Waals surface area contributed by atoms with Crippen LogP contribution >= 0.6 is 0 Å². The van der Waals surface area contributed by atoms with Crippen LogP contribution in [0.4, 0.5) is 5.69 Å². The highest BCUT2D eigenvalue weighted by Gasteiger charge is 2.18. The quantitative estimate of drug-likeness (QED) is 0.820. The van der Waals surface area contributed by atoms with Crippen molar-refractivity contribution < 1.29 is 4.79 Å². The van der Waals surface area contributed by atoms with Crippen LogP contribution in [0.2, 0.25) is 0 Å². The number of anilines is 1. The summed E-state index contributed by atoms with van der Waals surface area (Å²) >= 11 is 0. The van der Waals surface area contributed by atoms with E-state index in [2.05, 4.69) is 12.2 Å². The number of aromatic nitrogens is 1. The van der Waals surface area contributed by atoms with Gasteiger partial charge in [0.25, 0.3) is 5.91 Å². The van der Waals surface area contributed by atoms with E-state index in [-0.39, 0.29) is 5.91 Å². The molecular formula is C15H25N3O. The molecule has 0 bridgehead atoms. The van der Waals surface area contributed by atoms with Crippen LogP contribution in [0.25, 0.3) is 0 Å². The van der Waals surface area contributed by atoms with Crippen LogP contribution in [0.3, 0.4) is 0 Å². The lowest BCUT2D eigenvalue weighted by molar-refractivity contribution is 0.0924. The third-order valence-electron chi connectivity index (χ3n) is 3.81. The molecule has 19 heavy (non-hydrogen) atoms. The molecule has 0 atom stereocenters.